The summed E-state index contributed by atoms with van der Waals surface area (Å²) in [5.74, 6) is 0.00335. The molecule has 116 valence electrons. The lowest BCUT2D eigenvalue weighted by Gasteiger charge is -2.34. The van der Waals surface area contributed by atoms with Crippen LogP contribution in [0.4, 0.5) is 0 Å². The van der Waals surface area contributed by atoms with Crippen LogP contribution >= 0.6 is 0 Å². The SMILES string of the molecule is N#Cc1ccc(CN2CCN(C(=O)c3ccccn3)CC2)cc1. The van der Waals surface area contributed by atoms with Crippen molar-refractivity contribution in [3.63, 3.8) is 0 Å². The van der Waals surface area contributed by atoms with Crippen molar-refractivity contribution in [3.05, 3.63) is 65.5 Å². The average Bonchev–Trinajstić information content (AvgIpc) is 2.63. The van der Waals surface area contributed by atoms with Crippen molar-refractivity contribution in [3.8, 4) is 6.07 Å². The number of carbonyl (C=O) groups excluding carboxylic acids is 1. The Bertz CT molecular complexity index is 698. The highest BCUT2D eigenvalue weighted by Crippen LogP contribution is 2.11. The van der Waals surface area contributed by atoms with Crippen LogP contribution in [0.15, 0.2) is 48.7 Å². The zero-order valence-electron chi connectivity index (χ0n) is 12.9. The molecule has 1 aliphatic rings. The Labute approximate surface area is 135 Å². The Morgan fingerprint density at radius 3 is 2.43 bits per heavy atom. The average molecular weight is 306 g/mol. The molecule has 0 bridgehead atoms. The third-order valence-corrected chi connectivity index (χ3v) is 4.03. The number of rotatable bonds is 3. The molecular weight excluding hydrogens is 288 g/mol. The lowest BCUT2D eigenvalue weighted by Crippen LogP contribution is -2.48. The second-order valence-electron chi connectivity index (χ2n) is 5.59. The molecule has 5 nitrogen and oxygen atoms in total. The summed E-state index contributed by atoms with van der Waals surface area (Å²) in [6, 6.07) is 15.2. The van der Waals surface area contributed by atoms with E-state index in [1.54, 1.807) is 12.3 Å². The van der Waals surface area contributed by atoms with Gasteiger partial charge in [-0.2, -0.15) is 5.26 Å². The lowest BCUT2D eigenvalue weighted by molar-refractivity contribution is 0.0622. The van der Waals surface area contributed by atoms with Crippen LogP contribution in [0.5, 0.6) is 0 Å². The number of nitrogens with zero attached hydrogens (tertiary/aromatic N) is 4. The molecule has 1 saturated heterocycles. The summed E-state index contributed by atoms with van der Waals surface area (Å²) in [6.07, 6.45) is 1.65. The van der Waals surface area contributed by atoms with Crippen LogP contribution in [0.25, 0.3) is 0 Å². The molecule has 0 spiro atoms. The maximum Gasteiger partial charge on any atom is 0.272 e. The van der Waals surface area contributed by atoms with Crippen LogP contribution < -0.4 is 0 Å². The van der Waals surface area contributed by atoms with Crippen LogP contribution in [0, 0.1) is 11.3 Å². The van der Waals surface area contributed by atoms with Crippen molar-refractivity contribution in [2.75, 3.05) is 26.2 Å². The molecule has 1 fully saturated rings. The molecule has 2 aromatic rings. The predicted octanol–water partition coefficient (Wildman–Crippen LogP) is 1.91. The molecule has 0 saturated carbocycles. The van der Waals surface area contributed by atoms with Crippen LogP contribution in [-0.4, -0.2) is 46.9 Å². The van der Waals surface area contributed by atoms with E-state index < -0.39 is 0 Å². The summed E-state index contributed by atoms with van der Waals surface area (Å²) < 4.78 is 0. The third-order valence-electron chi connectivity index (χ3n) is 4.03. The third kappa shape index (κ3) is 3.74. The van der Waals surface area contributed by atoms with Crippen LogP contribution in [0.2, 0.25) is 0 Å². The highest BCUT2D eigenvalue weighted by Gasteiger charge is 2.22. The van der Waals surface area contributed by atoms with Crippen LogP contribution in [0.1, 0.15) is 21.6 Å². The van der Waals surface area contributed by atoms with Gasteiger partial charge in [0, 0.05) is 38.9 Å². The number of hydrogen-bond acceptors (Lipinski definition) is 4. The van der Waals surface area contributed by atoms with Crippen molar-refractivity contribution < 1.29 is 4.79 Å². The van der Waals surface area contributed by atoms with Gasteiger partial charge in [0.15, 0.2) is 0 Å². The molecule has 3 rings (SSSR count). The Morgan fingerprint density at radius 1 is 1.09 bits per heavy atom. The number of piperazine rings is 1. The van der Waals surface area contributed by atoms with Crippen molar-refractivity contribution in [2.45, 2.75) is 6.54 Å². The normalized spacial score (nSPS) is 15.2. The van der Waals surface area contributed by atoms with Gasteiger partial charge in [0.2, 0.25) is 0 Å². The van der Waals surface area contributed by atoms with E-state index >= 15 is 0 Å². The number of amides is 1. The van der Waals surface area contributed by atoms with Gasteiger partial charge in [-0.15, -0.1) is 0 Å². The van der Waals surface area contributed by atoms with E-state index in [4.69, 9.17) is 5.26 Å². The quantitative estimate of drug-likeness (QED) is 0.869. The van der Waals surface area contributed by atoms with Gasteiger partial charge in [-0.3, -0.25) is 14.7 Å². The minimum atomic E-state index is 0.00335. The number of aromatic nitrogens is 1. The molecule has 1 aromatic heterocycles. The molecule has 0 radical (unpaired) electrons. The van der Waals surface area contributed by atoms with E-state index in [9.17, 15) is 4.79 Å². The van der Waals surface area contributed by atoms with Crippen molar-refractivity contribution >= 4 is 5.91 Å². The highest BCUT2D eigenvalue weighted by atomic mass is 16.2. The number of pyridine rings is 1. The second-order valence-corrected chi connectivity index (χ2v) is 5.59. The second kappa shape index (κ2) is 7.03. The fraction of sp³-hybridized carbons (Fsp3) is 0.278. The van der Waals surface area contributed by atoms with Gasteiger partial charge in [0.25, 0.3) is 5.91 Å². The highest BCUT2D eigenvalue weighted by molar-refractivity contribution is 5.92. The lowest BCUT2D eigenvalue weighted by atomic mass is 10.1. The first kappa shape index (κ1) is 15.2. The van der Waals surface area contributed by atoms with Crippen molar-refractivity contribution in [1.29, 1.82) is 5.26 Å². The topological polar surface area (TPSA) is 60.2 Å². The van der Waals surface area contributed by atoms with Crippen LogP contribution in [0.3, 0.4) is 0 Å². The standard InChI is InChI=1S/C18H18N4O/c19-13-15-4-6-16(7-5-15)14-21-9-11-22(12-10-21)18(23)17-3-1-2-8-20-17/h1-8H,9-12,14H2. The Kier molecular flexibility index (Phi) is 4.65. The minimum absolute atomic E-state index is 0.00335. The Balaban J connectivity index is 1.54. The summed E-state index contributed by atoms with van der Waals surface area (Å²) in [5.41, 5.74) is 2.38. The zero-order valence-corrected chi connectivity index (χ0v) is 12.9. The predicted molar refractivity (Wildman–Crippen MR) is 86.6 cm³/mol. The largest absolute Gasteiger partial charge is 0.335 e. The molecule has 23 heavy (non-hydrogen) atoms. The summed E-state index contributed by atoms with van der Waals surface area (Å²) >= 11 is 0. The summed E-state index contributed by atoms with van der Waals surface area (Å²) in [6.45, 7) is 3.96. The van der Waals surface area contributed by atoms with Gasteiger partial charge >= 0.3 is 0 Å². The molecule has 2 heterocycles. The Hall–Kier alpha value is -2.71. The molecule has 0 N–H and O–H groups in total. The molecule has 0 atom stereocenters. The first-order valence-corrected chi connectivity index (χ1v) is 7.68. The molecule has 5 heteroatoms. The Morgan fingerprint density at radius 2 is 1.83 bits per heavy atom. The smallest absolute Gasteiger partial charge is 0.272 e. The van der Waals surface area contributed by atoms with E-state index in [-0.39, 0.29) is 5.91 Å². The van der Waals surface area contributed by atoms with Gasteiger partial charge in [-0.1, -0.05) is 18.2 Å². The van der Waals surface area contributed by atoms with E-state index in [0.29, 0.717) is 24.3 Å². The fourth-order valence-corrected chi connectivity index (χ4v) is 2.70. The van der Waals surface area contributed by atoms with E-state index in [0.717, 1.165) is 19.6 Å². The number of benzene rings is 1. The molecular formula is C18H18N4O. The van der Waals surface area contributed by atoms with E-state index in [2.05, 4.69) is 16.0 Å². The minimum Gasteiger partial charge on any atom is -0.335 e. The molecule has 1 aliphatic heterocycles. The fourth-order valence-electron chi connectivity index (χ4n) is 2.70. The molecule has 0 aliphatic carbocycles. The number of nitriles is 1. The summed E-state index contributed by atoms with van der Waals surface area (Å²) in [7, 11) is 0. The number of hydrogen-bond donors (Lipinski definition) is 0. The zero-order chi connectivity index (χ0) is 16.1. The van der Waals surface area contributed by atoms with E-state index in [1.165, 1.54) is 5.56 Å². The maximum atomic E-state index is 12.3. The summed E-state index contributed by atoms with van der Waals surface area (Å²) in [5, 5.41) is 8.82. The first-order valence-electron chi connectivity index (χ1n) is 7.68. The van der Waals surface area contributed by atoms with Crippen molar-refractivity contribution in [1.82, 2.24) is 14.8 Å². The van der Waals surface area contributed by atoms with Gasteiger partial charge in [0.05, 0.1) is 11.6 Å². The van der Waals surface area contributed by atoms with Crippen molar-refractivity contribution in [2.24, 2.45) is 0 Å². The molecule has 1 amide bonds. The van der Waals surface area contributed by atoms with Gasteiger partial charge in [-0.25, -0.2) is 0 Å². The molecule has 1 aromatic carbocycles. The van der Waals surface area contributed by atoms with E-state index in [1.807, 2.05) is 41.3 Å². The monoisotopic (exact) mass is 306 g/mol. The number of carbonyl (C=O) groups is 1. The summed E-state index contributed by atoms with van der Waals surface area (Å²) in [4.78, 5) is 20.7. The maximum absolute atomic E-state index is 12.3. The van der Waals surface area contributed by atoms with Crippen LogP contribution in [-0.2, 0) is 6.54 Å². The molecule has 0 unspecified atom stereocenters. The van der Waals surface area contributed by atoms with Gasteiger partial charge < -0.3 is 4.90 Å². The van der Waals surface area contributed by atoms with Gasteiger partial charge in [0.1, 0.15) is 5.69 Å². The first-order chi connectivity index (χ1) is 11.3. The van der Waals surface area contributed by atoms with Gasteiger partial charge in [-0.05, 0) is 29.8 Å².